The minimum absolute atomic E-state index is 0.198. The van der Waals surface area contributed by atoms with Gasteiger partial charge in [-0.25, -0.2) is 4.39 Å². The Labute approximate surface area is 95.0 Å². The number of halogens is 1. The van der Waals surface area contributed by atoms with Gasteiger partial charge in [0.15, 0.2) is 0 Å². The SMILES string of the molecule is CCC(C)NCC(=O)Nc1ccccc1F. The molecule has 1 aromatic carbocycles. The molecule has 0 saturated carbocycles. The number of anilines is 1. The van der Waals surface area contributed by atoms with Crippen LogP contribution in [0.2, 0.25) is 0 Å². The highest BCUT2D eigenvalue weighted by Gasteiger charge is 2.06. The second-order valence-electron chi connectivity index (χ2n) is 3.72. The molecule has 2 N–H and O–H groups in total. The average molecular weight is 224 g/mol. The molecule has 0 aliphatic heterocycles. The van der Waals surface area contributed by atoms with Crippen LogP contribution in [0.4, 0.5) is 10.1 Å². The number of carbonyl (C=O) groups is 1. The van der Waals surface area contributed by atoms with Gasteiger partial charge in [0.2, 0.25) is 5.91 Å². The lowest BCUT2D eigenvalue weighted by Gasteiger charge is -2.11. The lowest BCUT2D eigenvalue weighted by molar-refractivity contribution is -0.115. The largest absolute Gasteiger partial charge is 0.322 e. The van der Waals surface area contributed by atoms with Gasteiger partial charge < -0.3 is 10.6 Å². The zero-order valence-electron chi connectivity index (χ0n) is 9.59. The first kappa shape index (κ1) is 12.6. The summed E-state index contributed by atoms with van der Waals surface area (Å²) < 4.78 is 13.2. The van der Waals surface area contributed by atoms with E-state index in [0.717, 1.165) is 6.42 Å². The normalized spacial score (nSPS) is 12.2. The minimum Gasteiger partial charge on any atom is -0.322 e. The number of rotatable bonds is 5. The molecule has 0 heterocycles. The molecule has 0 aliphatic rings. The Bertz CT molecular complexity index is 355. The first-order chi connectivity index (χ1) is 7.63. The van der Waals surface area contributed by atoms with Crippen LogP contribution in [0, 0.1) is 5.82 Å². The fraction of sp³-hybridized carbons (Fsp3) is 0.417. The Balaban J connectivity index is 2.43. The second-order valence-corrected chi connectivity index (χ2v) is 3.72. The lowest BCUT2D eigenvalue weighted by Crippen LogP contribution is -2.34. The van der Waals surface area contributed by atoms with Crippen molar-refractivity contribution in [2.75, 3.05) is 11.9 Å². The first-order valence-electron chi connectivity index (χ1n) is 5.41. The maximum atomic E-state index is 13.2. The summed E-state index contributed by atoms with van der Waals surface area (Å²) in [6, 6.07) is 6.41. The van der Waals surface area contributed by atoms with Crippen LogP contribution in [-0.2, 0) is 4.79 Å². The minimum atomic E-state index is -0.417. The fourth-order valence-corrected chi connectivity index (χ4v) is 1.17. The Kier molecular flexibility index (Phi) is 4.92. The van der Waals surface area contributed by atoms with Gasteiger partial charge >= 0.3 is 0 Å². The van der Waals surface area contributed by atoms with Crippen LogP contribution in [0.15, 0.2) is 24.3 Å². The summed E-state index contributed by atoms with van der Waals surface area (Å²) >= 11 is 0. The molecule has 1 unspecified atom stereocenters. The molecule has 1 rings (SSSR count). The number of para-hydroxylation sites is 1. The van der Waals surface area contributed by atoms with Crippen LogP contribution in [0.3, 0.4) is 0 Å². The summed E-state index contributed by atoms with van der Waals surface area (Å²) in [6.45, 7) is 4.23. The number of hydrogen-bond donors (Lipinski definition) is 2. The Hall–Kier alpha value is -1.42. The van der Waals surface area contributed by atoms with Crippen molar-refractivity contribution in [2.24, 2.45) is 0 Å². The monoisotopic (exact) mass is 224 g/mol. The van der Waals surface area contributed by atoms with Crippen LogP contribution in [-0.4, -0.2) is 18.5 Å². The Morgan fingerprint density at radius 2 is 2.12 bits per heavy atom. The van der Waals surface area contributed by atoms with Gasteiger partial charge in [-0.05, 0) is 25.5 Å². The molecule has 4 heteroatoms. The third kappa shape index (κ3) is 3.98. The summed E-state index contributed by atoms with van der Waals surface area (Å²) in [4.78, 5) is 11.4. The van der Waals surface area contributed by atoms with E-state index in [9.17, 15) is 9.18 Å². The molecule has 0 spiro atoms. The number of nitrogens with one attached hydrogen (secondary N) is 2. The molecular formula is C12H17FN2O. The van der Waals surface area contributed by atoms with Crippen LogP contribution >= 0.6 is 0 Å². The molecule has 1 aromatic rings. The Morgan fingerprint density at radius 1 is 1.44 bits per heavy atom. The summed E-state index contributed by atoms with van der Waals surface area (Å²) in [7, 11) is 0. The van der Waals surface area contributed by atoms with Crippen LogP contribution in [0.5, 0.6) is 0 Å². The van der Waals surface area contributed by atoms with Crippen LogP contribution in [0.1, 0.15) is 20.3 Å². The summed E-state index contributed by atoms with van der Waals surface area (Å²) in [6.07, 6.45) is 0.951. The van der Waals surface area contributed by atoms with Crippen molar-refractivity contribution >= 4 is 11.6 Å². The van der Waals surface area contributed by atoms with Crippen LogP contribution < -0.4 is 10.6 Å². The second kappa shape index (κ2) is 6.23. The lowest BCUT2D eigenvalue weighted by atomic mass is 10.2. The van der Waals surface area contributed by atoms with Crippen LogP contribution in [0.25, 0.3) is 0 Å². The zero-order valence-corrected chi connectivity index (χ0v) is 9.59. The van der Waals surface area contributed by atoms with E-state index in [0.29, 0.717) is 0 Å². The van der Waals surface area contributed by atoms with Gasteiger partial charge in [-0.1, -0.05) is 19.1 Å². The Morgan fingerprint density at radius 3 is 2.75 bits per heavy atom. The van der Waals surface area contributed by atoms with Gasteiger partial charge in [-0.2, -0.15) is 0 Å². The van der Waals surface area contributed by atoms with E-state index in [4.69, 9.17) is 0 Å². The molecule has 0 fully saturated rings. The van der Waals surface area contributed by atoms with Crippen molar-refractivity contribution in [3.05, 3.63) is 30.1 Å². The highest BCUT2D eigenvalue weighted by molar-refractivity contribution is 5.92. The molecule has 1 atom stereocenters. The van der Waals surface area contributed by atoms with E-state index in [2.05, 4.69) is 10.6 Å². The van der Waals surface area contributed by atoms with Gasteiger partial charge in [0.25, 0.3) is 0 Å². The van der Waals surface area contributed by atoms with Gasteiger partial charge in [0, 0.05) is 6.04 Å². The highest BCUT2D eigenvalue weighted by Crippen LogP contribution is 2.11. The van der Waals surface area contributed by atoms with E-state index in [-0.39, 0.29) is 24.2 Å². The summed E-state index contributed by atoms with van der Waals surface area (Å²) in [5, 5.41) is 5.55. The maximum absolute atomic E-state index is 13.2. The van der Waals surface area contributed by atoms with Crippen molar-refractivity contribution in [2.45, 2.75) is 26.3 Å². The molecule has 1 amide bonds. The quantitative estimate of drug-likeness (QED) is 0.804. The van der Waals surface area contributed by atoms with E-state index in [1.54, 1.807) is 12.1 Å². The van der Waals surface area contributed by atoms with E-state index < -0.39 is 5.82 Å². The third-order valence-corrected chi connectivity index (χ3v) is 2.37. The molecule has 16 heavy (non-hydrogen) atoms. The van der Waals surface area contributed by atoms with Crippen molar-refractivity contribution in [1.29, 1.82) is 0 Å². The van der Waals surface area contributed by atoms with E-state index in [1.807, 2.05) is 13.8 Å². The van der Waals surface area contributed by atoms with Crippen molar-refractivity contribution in [3.63, 3.8) is 0 Å². The standard InChI is InChI=1S/C12H17FN2O/c1-3-9(2)14-8-12(16)15-11-7-5-4-6-10(11)13/h4-7,9,14H,3,8H2,1-2H3,(H,15,16). The topological polar surface area (TPSA) is 41.1 Å². The smallest absolute Gasteiger partial charge is 0.238 e. The maximum Gasteiger partial charge on any atom is 0.238 e. The highest BCUT2D eigenvalue weighted by atomic mass is 19.1. The van der Waals surface area contributed by atoms with Crippen molar-refractivity contribution in [3.8, 4) is 0 Å². The van der Waals surface area contributed by atoms with E-state index >= 15 is 0 Å². The number of hydrogen-bond acceptors (Lipinski definition) is 2. The van der Waals surface area contributed by atoms with Gasteiger partial charge in [-0.3, -0.25) is 4.79 Å². The van der Waals surface area contributed by atoms with Crippen molar-refractivity contribution < 1.29 is 9.18 Å². The molecule has 0 radical (unpaired) electrons. The number of amides is 1. The van der Waals surface area contributed by atoms with Crippen molar-refractivity contribution in [1.82, 2.24) is 5.32 Å². The van der Waals surface area contributed by atoms with E-state index in [1.165, 1.54) is 12.1 Å². The summed E-state index contributed by atoms with van der Waals surface area (Å²) in [5.74, 6) is -0.648. The molecule has 0 aromatic heterocycles. The molecule has 0 aliphatic carbocycles. The molecule has 88 valence electrons. The first-order valence-corrected chi connectivity index (χ1v) is 5.41. The zero-order chi connectivity index (χ0) is 12.0. The molecule has 3 nitrogen and oxygen atoms in total. The van der Waals surface area contributed by atoms with Gasteiger partial charge in [-0.15, -0.1) is 0 Å². The molecule has 0 saturated heterocycles. The molecule has 0 bridgehead atoms. The van der Waals surface area contributed by atoms with Gasteiger partial charge in [0.05, 0.1) is 12.2 Å². The average Bonchev–Trinajstić information content (AvgIpc) is 2.29. The fourth-order valence-electron chi connectivity index (χ4n) is 1.17. The van der Waals surface area contributed by atoms with Gasteiger partial charge in [0.1, 0.15) is 5.82 Å². The molecular weight excluding hydrogens is 207 g/mol. The predicted molar refractivity (Wildman–Crippen MR) is 62.8 cm³/mol. The predicted octanol–water partition coefficient (Wildman–Crippen LogP) is 2.15. The summed E-state index contributed by atoms with van der Waals surface area (Å²) in [5.41, 5.74) is 0.221. The number of carbonyl (C=O) groups excluding carboxylic acids is 1. The third-order valence-electron chi connectivity index (χ3n) is 2.37. The number of benzene rings is 1.